The second-order valence-electron chi connectivity index (χ2n) is 9.70. The average Bonchev–Trinajstić information content (AvgIpc) is 2.92. The SMILES string of the molecule is CCC.CCC.Cc1ccc(-c2ccc(C)cn2)cc1.Cc1ccc(-c2ncc(C)c3ccccc23)cc1. The minimum absolute atomic E-state index is 1.04. The molecule has 0 saturated carbocycles. The minimum atomic E-state index is 1.04. The van der Waals surface area contributed by atoms with Gasteiger partial charge in [-0.3, -0.25) is 9.97 Å². The molecule has 0 unspecified atom stereocenters. The van der Waals surface area contributed by atoms with E-state index < -0.39 is 0 Å². The van der Waals surface area contributed by atoms with Crippen LogP contribution in [0.15, 0.2) is 97.3 Å². The van der Waals surface area contributed by atoms with Crippen LogP contribution in [0.4, 0.5) is 0 Å². The molecule has 2 heteroatoms. The zero-order valence-electron chi connectivity index (χ0n) is 24.5. The van der Waals surface area contributed by atoms with E-state index in [0.29, 0.717) is 0 Å². The maximum absolute atomic E-state index is 4.61. The zero-order chi connectivity index (χ0) is 27.9. The Morgan fingerprint density at radius 1 is 0.474 bits per heavy atom. The first-order valence-corrected chi connectivity index (χ1v) is 13.8. The Bertz CT molecular complexity index is 1300. The number of hydrogen-bond donors (Lipinski definition) is 0. The Morgan fingerprint density at radius 2 is 0.947 bits per heavy atom. The number of aryl methyl sites for hydroxylation is 4. The maximum atomic E-state index is 4.61. The van der Waals surface area contributed by atoms with Crippen LogP contribution in [0.5, 0.6) is 0 Å². The van der Waals surface area contributed by atoms with Crippen LogP contribution >= 0.6 is 0 Å². The third-order valence-electron chi connectivity index (χ3n) is 5.58. The number of benzene rings is 3. The topological polar surface area (TPSA) is 25.8 Å². The molecule has 0 aliphatic carbocycles. The van der Waals surface area contributed by atoms with Crippen molar-refractivity contribution in [2.24, 2.45) is 0 Å². The van der Waals surface area contributed by atoms with Gasteiger partial charge in [0.15, 0.2) is 0 Å². The molecule has 5 rings (SSSR count). The fraction of sp³-hybridized carbons (Fsp3) is 0.278. The summed E-state index contributed by atoms with van der Waals surface area (Å²) in [6, 6.07) is 29.6. The quantitative estimate of drug-likeness (QED) is 0.239. The molecule has 3 aromatic carbocycles. The molecule has 0 aliphatic rings. The Kier molecular flexibility index (Phi) is 12.9. The molecule has 2 heterocycles. The smallest absolute Gasteiger partial charge is 0.0780 e. The van der Waals surface area contributed by atoms with E-state index in [0.717, 1.165) is 11.4 Å². The fourth-order valence-electron chi connectivity index (χ4n) is 3.64. The van der Waals surface area contributed by atoms with Crippen molar-refractivity contribution >= 4 is 10.8 Å². The standard InChI is InChI=1S/C17H15N.C13H13N.2C3H8/c1-12-7-9-14(10-8-12)17-16-6-4-3-5-15(16)13(2)11-18-17;1-10-3-6-12(7-4-10)13-8-5-11(2)9-14-13;2*1-3-2/h3-11H,1-2H3;3-9H,1-2H3;2*3H2,1-2H3. The van der Waals surface area contributed by atoms with Crippen molar-refractivity contribution in [3.05, 3.63) is 120 Å². The second-order valence-corrected chi connectivity index (χ2v) is 9.70. The van der Waals surface area contributed by atoms with Crippen LogP contribution in [-0.2, 0) is 0 Å². The van der Waals surface area contributed by atoms with Crippen molar-refractivity contribution in [2.45, 2.75) is 68.2 Å². The Morgan fingerprint density at radius 3 is 1.45 bits per heavy atom. The van der Waals surface area contributed by atoms with Crippen molar-refractivity contribution in [2.75, 3.05) is 0 Å². The molecule has 0 atom stereocenters. The monoisotopic (exact) mass is 504 g/mol. The molecular formula is C36H44N2. The molecule has 0 saturated heterocycles. The Balaban J connectivity index is 0.000000226. The predicted octanol–water partition coefficient (Wildman–Crippen LogP) is 10.7. The summed E-state index contributed by atoms with van der Waals surface area (Å²) < 4.78 is 0. The van der Waals surface area contributed by atoms with Gasteiger partial charge in [-0.2, -0.15) is 0 Å². The molecule has 0 radical (unpaired) electrons. The largest absolute Gasteiger partial charge is 0.256 e. The van der Waals surface area contributed by atoms with Gasteiger partial charge in [0, 0.05) is 28.9 Å². The molecule has 198 valence electrons. The van der Waals surface area contributed by atoms with E-state index in [4.69, 9.17) is 0 Å². The highest BCUT2D eigenvalue weighted by Gasteiger charge is 2.06. The lowest BCUT2D eigenvalue weighted by Crippen LogP contribution is -1.88. The van der Waals surface area contributed by atoms with Gasteiger partial charge in [0.2, 0.25) is 0 Å². The van der Waals surface area contributed by atoms with Gasteiger partial charge >= 0.3 is 0 Å². The molecule has 0 N–H and O–H groups in total. The van der Waals surface area contributed by atoms with E-state index in [1.165, 1.54) is 57.0 Å². The first kappa shape index (κ1) is 30.4. The maximum Gasteiger partial charge on any atom is 0.0780 e. The van der Waals surface area contributed by atoms with Crippen LogP contribution < -0.4 is 0 Å². The predicted molar refractivity (Wildman–Crippen MR) is 168 cm³/mol. The first-order chi connectivity index (χ1) is 18.3. The van der Waals surface area contributed by atoms with Gasteiger partial charge < -0.3 is 0 Å². The van der Waals surface area contributed by atoms with Crippen LogP contribution in [0.1, 0.15) is 62.8 Å². The Hall–Kier alpha value is -3.78. The summed E-state index contributed by atoms with van der Waals surface area (Å²) in [5, 5.41) is 2.50. The molecule has 38 heavy (non-hydrogen) atoms. The van der Waals surface area contributed by atoms with Crippen molar-refractivity contribution in [1.82, 2.24) is 9.97 Å². The van der Waals surface area contributed by atoms with E-state index in [9.17, 15) is 0 Å². The second kappa shape index (κ2) is 16.1. The zero-order valence-corrected chi connectivity index (χ0v) is 24.5. The van der Waals surface area contributed by atoms with Gasteiger partial charge in [0.25, 0.3) is 0 Å². The summed E-state index contributed by atoms with van der Waals surface area (Å²) >= 11 is 0. The molecule has 5 aromatic rings. The molecular weight excluding hydrogens is 460 g/mol. The van der Waals surface area contributed by atoms with E-state index in [2.05, 4.69) is 143 Å². The lowest BCUT2D eigenvalue weighted by molar-refractivity contribution is 1.09. The van der Waals surface area contributed by atoms with E-state index in [1.54, 1.807) is 0 Å². The fourth-order valence-corrected chi connectivity index (χ4v) is 3.64. The van der Waals surface area contributed by atoms with Crippen molar-refractivity contribution in [3.8, 4) is 22.5 Å². The summed E-state index contributed by atoms with van der Waals surface area (Å²) in [7, 11) is 0. The third kappa shape index (κ3) is 9.27. The van der Waals surface area contributed by atoms with Gasteiger partial charge in [-0.05, 0) is 50.3 Å². The highest BCUT2D eigenvalue weighted by Crippen LogP contribution is 2.28. The number of fused-ring (bicyclic) bond motifs is 1. The number of pyridine rings is 2. The van der Waals surface area contributed by atoms with Crippen molar-refractivity contribution in [3.63, 3.8) is 0 Å². The van der Waals surface area contributed by atoms with Gasteiger partial charge in [-0.1, -0.05) is 131 Å². The van der Waals surface area contributed by atoms with Crippen molar-refractivity contribution < 1.29 is 0 Å². The van der Waals surface area contributed by atoms with E-state index in [-0.39, 0.29) is 0 Å². The summed E-state index contributed by atoms with van der Waals surface area (Å²) in [5.41, 5.74) is 9.43. The normalized spacial score (nSPS) is 9.79. The number of hydrogen-bond acceptors (Lipinski definition) is 2. The summed E-state index contributed by atoms with van der Waals surface area (Å²) in [6.45, 7) is 16.8. The van der Waals surface area contributed by atoms with Crippen LogP contribution in [-0.4, -0.2) is 9.97 Å². The summed E-state index contributed by atoms with van der Waals surface area (Å²) in [6.07, 6.45) is 6.35. The molecule has 2 aromatic heterocycles. The lowest BCUT2D eigenvalue weighted by atomic mass is 10.0. The molecule has 2 nitrogen and oxygen atoms in total. The van der Waals surface area contributed by atoms with Crippen molar-refractivity contribution in [1.29, 1.82) is 0 Å². The van der Waals surface area contributed by atoms with E-state index in [1.807, 2.05) is 19.3 Å². The van der Waals surface area contributed by atoms with Crippen LogP contribution in [0.25, 0.3) is 33.3 Å². The molecule has 0 aliphatic heterocycles. The van der Waals surface area contributed by atoms with Gasteiger partial charge in [-0.15, -0.1) is 0 Å². The molecule has 0 spiro atoms. The number of nitrogens with zero attached hydrogens (tertiary/aromatic N) is 2. The van der Waals surface area contributed by atoms with Crippen LogP contribution in [0.3, 0.4) is 0 Å². The van der Waals surface area contributed by atoms with E-state index >= 15 is 0 Å². The highest BCUT2D eigenvalue weighted by atomic mass is 14.7. The van der Waals surface area contributed by atoms with Gasteiger partial charge in [-0.25, -0.2) is 0 Å². The van der Waals surface area contributed by atoms with Crippen LogP contribution in [0, 0.1) is 27.7 Å². The highest BCUT2D eigenvalue weighted by molar-refractivity contribution is 5.96. The minimum Gasteiger partial charge on any atom is -0.256 e. The first-order valence-electron chi connectivity index (χ1n) is 13.8. The molecule has 0 bridgehead atoms. The van der Waals surface area contributed by atoms with Gasteiger partial charge in [0.05, 0.1) is 11.4 Å². The average molecular weight is 505 g/mol. The third-order valence-corrected chi connectivity index (χ3v) is 5.58. The summed E-state index contributed by atoms with van der Waals surface area (Å²) in [4.78, 5) is 8.98. The molecule has 0 fully saturated rings. The Labute approximate surface area is 230 Å². The number of aromatic nitrogens is 2. The van der Waals surface area contributed by atoms with Gasteiger partial charge in [0.1, 0.15) is 0 Å². The summed E-state index contributed by atoms with van der Waals surface area (Å²) in [5.74, 6) is 0. The van der Waals surface area contributed by atoms with Crippen LogP contribution in [0.2, 0.25) is 0 Å². The molecule has 0 amide bonds. The number of rotatable bonds is 2. The lowest BCUT2D eigenvalue weighted by Gasteiger charge is -2.08.